The van der Waals surface area contributed by atoms with Crippen LogP contribution in [-0.4, -0.2) is 14.5 Å². The Labute approximate surface area is 103 Å². The molecule has 1 aliphatic carbocycles. The van der Waals surface area contributed by atoms with Crippen molar-refractivity contribution >= 4 is 10.0 Å². The molecule has 0 aliphatic heterocycles. The number of sulfonamides is 1. The molecule has 0 radical (unpaired) electrons. The Balaban J connectivity index is 2.30. The molecule has 96 valence electrons. The zero-order chi connectivity index (χ0) is 13.3. The molecule has 0 saturated heterocycles. The van der Waals surface area contributed by atoms with Crippen LogP contribution in [0.5, 0.6) is 0 Å². The van der Waals surface area contributed by atoms with Crippen LogP contribution in [0.3, 0.4) is 0 Å². The van der Waals surface area contributed by atoms with Gasteiger partial charge in [0.2, 0.25) is 10.0 Å². The average molecular weight is 272 g/mol. The van der Waals surface area contributed by atoms with Gasteiger partial charge in [0.1, 0.15) is 22.6 Å². The lowest BCUT2D eigenvalue weighted by molar-refractivity contribution is 0.535. The van der Waals surface area contributed by atoms with Crippen molar-refractivity contribution in [2.24, 2.45) is 5.92 Å². The molecule has 18 heavy (non-hydrogen) atoms. The first-order valence-electron chi connectivity index (χ1n) is 5.31. The summed E-state index contributed by atoms with van der Waals surface area (Å²) in [6.45, 7) is 0. The van der Waals surface area contributed by atoms with Gasteiger partial charge >= 0.3 is 0 Å². The zero-order valence-electron chi connectivity index (χ0n) is 9.23. The van der Waals surface area contributed by atoms with E-state index in [9.17, 15) is 17.2 Å². The fourth-order valence-electron chi connectivity index (χ4n) is 1.57. The maximum Gasteiger partial charge on any atom is 0.244 e. The highest BCUT2D eigenvalue weighted by Gasteiger charge is 2.35. The van der Waals surface area contributed by atoms with Crippen LogP contribution in [0.1, 0.15) is 12.8 Å². The van der Waals surface area contributed by atoms with Crippen molar-refractivity contribution in [3.05, 3.63) is 29.8 Å². The number of hydrogen-bond acceptors (Lipinski definition) is 3. The Kier molecular flexibility index (Phi) is 3.32. The Bertz CT molecular complexity index is 606. The Morgan fingerprint density at radius 2 is 2.06 bits per heavy atom. The van der Waals surface area contributed by atoms with Crippen LogP contribution in [0, 0.1) is 28.9 Å². The maximum absolute atomic E-state index is 13.4. The third-order valence-corrected chi connectivity index (χ3v) is 4.15. The first kappa shape index (κ1) is 12.9. The van der Waals surface area contributed by atoms with Gasteiger partial charge in [-0.2, -0.15) is 9.98 Å². The van der Waals surface area contributed by atoms with Gasteiger partial charge < -0.3 is 0 Å². The highest BCUT2D eigenvalue weighted by atomic mass is 32.2. The summed E-state index contributed by atoms with van der Waals surface area (Å²) in [5.74, 6) is -1.94. The molecular formula is C11H10F2N2O2S. The van der Waals surface area contributed by atoms with E-state index in [1.165, 1.54) is 0 Å². The lowest BCUT2D eigenvalue weighted by Gasteiger charge is -2.11. The second-order valence-corrected chi connectivity index (χ2v) is 5.82. The van der Waals surface area contributed by atoms with Gasteiger partial charge in [0, 0.05) is 0 Å². The van der Waals surface area contributed by atoms with Crippen LogP contribution in [-0.2, 0) is 10.0 Å². The molecule has 2 rings (SSSR count). The van der Waals surface area contributed by atoms with Crippen LogP contribution < -0.4 is 4.72 Å². The molecule has 1 N–H and O–H groups in total. The summed E-state index contributed by atoms with van der Waals surface area (Å²) in [6, 6.07) is 3.09. The molecule has 1 unspecified atom stereocenters. The third kappa shape index (κ3) is 2.66. The zero-order valence-corrected chi connectivity index (χ0v) is 10.0. The van der Waals surface area contributed by atoms with E-state index >= 15 is 0 Å². The van der Waals surface area contributed by atoms with Gasteiger partial charge in [-0.05, 0) is 37.0 Å². The van der Waals surface area contributed by atoms with Gasteiger partial charge in [-0.1, -0.05) is 0 Å². The van der Waals surface area contributed by atoms with Crippen molar-refractivity contribution in [3.8, 4) is 6.07 Å². The number of rotatable bonds is 4. The van der Waals surface area contributed by atoms with Crippen molar-refractivity contribution in [1.29, 1.82) is 5.26 Å². The first-order chi connectivity index (χ1) is 8.44. The molecule has 4 nitrogen and oxygen atoms in total. The topological polar surface area (TPSA) is 70.0 Å². The van der Waals surface area contributed by atoms with E-state index in [2.05, 4.69) is 4.72 Å². The normalized spacial score (nSPS) is 17.2. The van der Waals surface area contributed by atoms with E-state index in [0.29, 0.717) is 6.07 Å². The number of benzene rings is 1. The van der Waals surface area contributed by atoms with E-state index in [4.69, 9.17) is 5.26 Å². The quantitative estimate of drug-likeness (QED) is 0.904. The lowest BCUT2D eigenvalue weighted by Crippen LogP contribution is -2.35. The summed E-state index contributed by atoms with van der Waals surface area (Å²) >= 11 is 0. The molecule has 1 saturated carbocycles. The Morgan fingerprint density at radius 1 is 1.39 bits per heavy atom. The van der Waals surface area contributed by atoms with Gasteiger partial charge in [-0.15, -0.1) is 0 Å². The molecule has 0 heterocycles. The monoisotopic (exact) mass is 272 g/mol. The fraction of sp³-hybridized carbons (Fsp3) is 0.364. The molecule has 0 amide bonds. The van der Waals surface area contributed by atoms with Crippen LogP contribution in [0.2, 0.25) is 0 Å². The summed E-state index contributed by atoms with van der Waals surface area (Å²) in [5.41, 5.74) is 0. The summed E-state index contributed by atoms with van der Waals surface area (Å²) in [4.78, 5) is -0.775. The lowest BCUT2D eigenvalue weighted by atomic mass is 10.2. The van der Waals surface area contributed by atoms with Gasteiger partial charge in [0.25, 0.3) is 0 Å². The molecule has 0 bridgehead atoms. The van der Waals surface area contributed by atoms with Gasteiger partial charge in [-0.3, -0.25) is 0 Å². The molecule has 0 spiro atoms. The Morgan fingerprint density at radius 3 is 2.61 bits per heavy atom. The number of nitriles is 1. The van der Waals surface area contributed by atoms with E-state index in [1.807, 2.05) is 6.07 Å². The van der Waals surface area contributed by atoms with Crippen LogP contribution in [0.25, 0.3) is 0 Å². The molecule has 1 aromatic rings. The van der Waals surface area contributed by atoms with Gasteiger partial charge in [-0.25, -0.2) is 17.2 Å². The second-order valence-electron chi connectivity index (χ2n) is 4.14. The van der Waals surface area contributed by atoms with E-state index in [-0.39, 0.29) is 5.92 Å². The molecule has 1 fully saturated rings. The minimum atomic E-state index is -4.22. The van der Waals surface area contributed by atoms with Crippen LogP contribution in [0.4, 0.5) is 8.78 Å². The summed E-state index contributed by atoms with van der Waals surface area (Å²) < 4.78 is 52.1. The SMILES string of the molecule is N#CC(NS(=O)(=O)c1cc(F)ccc1F)C1CC1. The van der Waals surface area contributed by atoms with Crippen molar-refractivity contribution < 1.29 is 17.2 Å². The summed E-state index contributed by atoms with van der Waals surface area (Å²) in [5, 5.41) is 8.83. The summed E-state index contributed by atoms with van der Waals surface area (Å²) in [6.07, 6.45) is 1.51. The van der Waals surface area contributed by atoms with Crippen LogP contribution >= 0.6 is 0 Å². The first-order valence-corrected chi connectivity index (χ1v) is 6.79. The predicted molar refractivity (Wildman–Crippen MR) is 58.8 cm³/mol. The van der Waals surface area contributed by atoms with Crippen molar-refractivity contribution in [3.63, 3.8) is 0 Å². The Hall–Kier alpha value is -1.52. The van der Waals surface area contributed by atoms with E-state index in [0.717, 1.165) is 25.0 Å². The maximum atomic E-state index is 13.4. The van der Waals surface area contributed by atoms with E-state index < -0.39 is 32.6 Å². The number of nitrogens with zero attached hydrogens (tertiary/aromatic N) is 1. The molecule has 1 atom stereocenters. The molecule has 0 aromatic heterocycles. The number of nitrogens with one attached hydrogen (secondary N) is 1. The fourth-order valence-corrected chi connectivity index (χ4v) is 2.87. The van der Waals surface area contributed by atoms with Gasteiger partial charge in [0.15, 0.2) is 0 Å². The van der Waals surface area contributed by atoms with Crippen molar-refractivity contribution in [1.82, 2.24) is 4.72 Å². The summed E-state index contributed by atoms with van der Waals surface area (Å²) in [7, 11) is -4.22. The molecule has 7 heteroatoms. The minimum absolute atomic E-state index is 0.0404. The molecular weight excluding hydrogens is 262 g/mol. The minimum Gasteiger partial charge on any atom is -0.207 e. The highest BCUT2D eigenvalue weighted by Crippen LogP contribution is 2.33. The van der Waals surface area contributed by atoms with Gasteiger partial charge in [0.05, 0.1) is 6.07 Å². The number of hydrogen-bond donors (Lipinski definition) is 1. The predicted octanol–water partition coefficient (Wildman–Crippen LogP) is 1.55. The molecule has 1 aromatic carbocycles. The standard InChI is InChI=1S/C11H10F2N2O2S/c12-8-3-4-9(13)11(5-8)18(16,17)15-10(6-14)7-1-2-7/h3-5,7,10,15H,1-2H2. The van der Waals surface area contributed by atoms with Crippen molar-refractivity contribution in [2.45, 2.75) is 23.8 Å². The second kappa shape index (κ2) is 4.63. The largest absolute Gasteiger partial charge is 0.244 e. The number of halogens is 2. The third-order valence-electron chi connectivity index (χ3n) is 2.70. The van der Waals surface area contributed by atoms with Crippen LogP contribution in [0.15, 0.2) is 23.1 Å². The van der Waals surface area contributed by atoms with E-state index in [1.54, 1.807) is 0 Å². The van der Waals surface area contributed by atoms with Crippen molar-refractivity contribution in [2.75, 3.05) is 0 Å². The smallest absolute Gasteiger partial charge is 0.207 e. The molecule has 1 aliphatic rings. The average Bonchev–Trinajstić information content (AvgIpc) is 3.13. The highest BCUT2D eigenvalue weighted by molar-refractivity contribution is 7.89.